The first-order valence-electron chi connectivity index (χ1n) is 9.23. The minimum atomic E-state index is -0.275. The Labute approximate surface area is 156 Å². The van der Waals surface area contributed by atoms with Crippen LogP contribution >= 0.6 is 11.8 Å². The second-order valence-electron chi connectivity index (χ2n) is 6.79. The fourth-order valence-corrected chi connectivity index (χ4v) is 4.62. The van der Waals surface area contributed by atoms with E-state index in [-0.39, 0.29) is 16.8 Å². The van der Waals surface area contributed by atoms with Crippen molar-refractivity contribution in [3.63, 3.8) is 0 Å². The third-order valence-electron chi connectivity index (χ3n) is 5.00. The second kappa shape index (κ2) is 7.66. The number of esters is 1. The normalized spacial score (nSPS) is 20.2. The Morgan fingerprint density at radius 2 is 2.12 bits per heavy atom. The molecule has 1 aromatic carbocycles. The van der Waals surface area contributed by atoms with Crippen LogP contribution in [-0.4, -0.2) is 27.4 Å². The van der Waals surface area contributed by atoms with Crippen LogP contribution in [0.5, 0.6) is 0 Å². The third-order valence-corrected chi connectivity index (χ3v) is 6.24. The van der Waals surface area contributed by atoms with Gasteiger partial charge >= 0.3 is 5.97 Å². The summed E-state index contributed by atoms with van der Waals surface area (Å²) in [5.41, 5.74) is 2.08. The Morgan fingerprint density at radius 3 is 2.88 bits per heavy atom. The lowest BCUT2D eigenvalue weighted by molar-refractivity contribution is -0.137. The standard InChI is InChI=1S/C20H22N2O3S/c23-18-15-8-4-5-9-16(15)21-20(26-17-11-13-25-19(17)24)22(18)12-10-14-6-2-1-3-7-14/h4-6,8-9,17H,1-3,7,10-13H2/t17-/m0/s1. The van der Waals surface area contributed by atoms with E-state index in [0.717, 1.165) is 19.3 Å². The van der Waals surface area contributed by atoms with Crippen LogP contribution in [0.2, 0.25) is 0 Å². The Morgan fingerprint density at radius 1 is 1.23 bits per heavy atom. The van der Waals surface area contributed by atoms with Crippen molar-refractivity contribution in [1.29, 1.82) is 0 Å². The van der Waals surface area contributed by atoms with Crippen molar-refractivity contribution in [2.75, 3.05) is 6.61 Å². The quantitative estimate of drug-likeness (QED) is 0.456. The van der Waals surface area contributed by atoms with Crippen molar-refractivity contribution in [1.82, 2.24) is 9.55 Å². The van der Waals surface area contributed by atoms with Crippen molar-refractivity contribution in [2.45, 2.75) is 55.5 Å². The minimum Gasteiger partial charge on any atom is -0.465 e. The number of rotatable bonds is 5. The van der Waals surface area contributed by atoms with E-state index in [0.29, 0.717) is 35.6 Å². The number of hydrogen-bond donors (Lipinski definition) is 0. The van der Waals surface area contributed by atoms with Crippen LogP contribution in [0.25, 0.3) is 10.9 Å². The highest BCUT2D eigenvalue weighted by atomic mass is 32.2. The van der Waals surface area contributed by atoms with Crippen LogP contribution in [0.15, 0.2) is 45.9 Å². The molecule has 2 aromatic rings. The van der Waals surface area contributed by atoms with Crippen molar-refractivity contribution in [3.8, 4) is 0 Å². The number of aromatic nitrogens is 2. The number of carbonyl (C=O) groups is 1. The van der Waals surface area contributed by atoms with Crippen LogP contribution in [0.4, 0.5) is 0 Å². The molecule has 1 aliphatic carbocycles. The number of hydrogen-bond acceptors (Lipinski definition) is 5. The number of thioether (sulfide) groups is 1. The molecule has 0 N–H and O–H groups in total. The van der Waals surface area contributed by atoms with E-state index in [9.17, 15) is 9.59 Å². The van der Waals surface area contributed by atoms with Gasteiger partial charge in [0.25, 0.3) is 5.56 Å². The molecule has 0 unspecified atom stereocenters. The molecule has 1 atom stereocenters. The summed E-state index contributed by atoms with van der Waals surface area (Å²) in [6, 6.07) is 7.41. The lowest BCUT2D eigenvalue weighted by Crippen LogP contribution is -2.25. The molecular formula is C20H22N2O3S. The molecule has 4 rings (SSSR count). The topological polar surface area (TPSA) is 61.2 Å². The summed E-state index contributed by atoms with van der Waals surface area (Å²) >= 11 is 1.36. The number of fused-ring (bicyclic) bond motifs is 1. The SMILES string of the molecule is O=C1OCC[C@@H]1Sc1nc2ccccc2c(=O)n1CCC1=CCCCC1. The van der Waals surface area contributed by atoms with Gasteiger partial charge in [0.1, 0.15) is 5.25 Å². The highest BCUT2D eigenvalue weighted by Gasteiger charge is 2.29. The van der Waals surface area contributed by atoms with Gasteiger partial charge in [-0.25, -0.2) is 4.98 Å². The molecule has 0 amide bonds. The van der Waals surface area contributed by atoms with Crippen molar-refractivity contribution >= 4 is 28.6 Å². The molecule has 2 aliphatic rings. The highest BCUT2D eigenvalue weighted by molar-refractivity contribution is 8.00. The molecule has 0 radical (unpaired) electrons. The van der Waals surface area contributed by atoms with Crippen molar-refractivity contribution in [3.05, 3.63) is 46.3 Å². The summed E-state index contributed by atoms with van der Waals surface area (Å²) in [4.78, 5) is 29.6. The van der Waals surface area contributed by atoms with Gasteiger partial charge in [-0.05, 0) is 44.2 Å². The largest absolute Gasteiger partial charge is 0.465 e. The zero-order chi connectivity index (χ0) is 17.9. The Bertz CT molecular complexity index is 919. The molecule has 26 heavy (non-hydrogen) atoms. The maximum atomic E-state index is 13.1. The van der Waals surface area contributed by atoms with Gasteiger partial charge in [0.15, 0.2) is 5.16 Å². The van der Waals surface area contributed by atoms with Gasteiger partial charge in [-0.15, -0.1) is 0 Å². The number of nitrogens with zero attached hydrogens (tertiary/aromatic N) is 2. The maximum absolute atomic E-state index is 13.1. The first kappa shape index (κ1) is 17.3. The van der Waals surface area contributed by atoms with Gasteiger partial charge in [-0.2, -0.15) is 0 Å². The number of allylic oxidation sites excluding steroid dienone is 2. The molecule has 136 valence electrons. The van der Waals surface area contributed by atoms with E-state index in [4.69, 9.17) is 9.72 Å². The summed E-state index contributed by atoms with van der Waals surface area (Å²) in [7, 11) is 0. The van der Waals surface area contributed by atoms with E-state index in [2.05, 4.69) is 6.08 Å². The molecule has 1 fully saturated rings. The third kappa shape index (κ3) is 3.56. The Hall–Kier alpha value is -2.08. The molecule has 5 nitrogen and oxygen atoms in total. The molecule has 6 heteroatoms. The van der Waals surface area contributed by atoms with Crippen molar-refractivity contribution < 1.29 is 9.53 Å². The van der Waals surface area contributed by atoms with Gasteiger partial charge < -0.3 is 4.74 Å². The number of ether oxygens (including phenoxy) is 1. The molecule has 1 aliphatic heterocycles. The van der Waals surface area contributed by atoms with Crippen LogP contribution in [0.1, 0.15) is 38.5 Å². The summed E-state index contributed by atoms with van der Waals surface area (Å²) < 4.78 is 6.81. The van der Waals surface area contributed by atoms with Crippen LogP contribution in [0.3, 0.4) is 0 Å². The average molecular weight is 370 g/mol. The minimum absolute atomic E-state index is 0.0270. The number of para-hydroxylation sites is 1. The van der Waals surface area contributed by atoms with E-state index in [1.54, 1.807) is 4.57 Å². The van der Waals surface area contributed by atoms with Crippen LogP contribution < -0.4 is 5.56 Å². The lowest BCUT2D eigenvalue weighted by atomic mass is 9.97. The highest BCUT2D eigenvalue weighted by Crippen LogP contribution is 2.29. The number of benzene rings is 1. The maximum Gasteiger partial charge on any atom is 0.319 e. The van der Waals surface area contributed by atoms with E-state index >= 15 is 0 Å². The fraction of sp³-hybridized carbons (Fsp3) is 0.450. The van der Waals surface area contributed by atoms with Gasteiger partial charge in [0.05, 0.1) is 17.5 Å². The number of carbonyl (C=O) groups excluding carboxylic acids is 1. The molecule has 0 saturated carbocycles. The molecular weight excluding hydrogens is 348 g/mol. The zero-order valence-electron chi connectivity index (χ0n) is 14.6. The predicted molar refractivity (Wildman–Crippen MR) is 102 cm³/mol. The molecule has 1 saturated heterocycles. The van der Waals surface area contributed by atoms with E-state index in [1.165, 1.54) is 30.2 Å². The van der Waals surface area contributed by atoms with Crippen LogP contribution in [-0.2, 0) is 16.1 Å². The van der Waals surface area contributed by atoms with Crippen LogP contribution in [0, 0.1) is 0 Å². The average Bonchev–Trinajstić information content (AvgIpc) is 3.07. The molecule has 0 bridgehead atoms. The lowest BCUT2D eigenvalue weighted by Gasteiger charge is -2.17. The number of cyclic esters (lactones) is 1. The summed E-state index contributed by atoms with van der Waals surface area (Å²) in [6.07, 6.45) is 8.57. The Balaban J connectivity index is 1.68. The summed E-state index contributed by atoms with van der Waals surface area (Å²) in [6.45, 7) is 1.05. The predicted octanol–water partition coefficient (Wildman–Crippen LogP) is 3.69. The van der Waals surface area contributed by atoms with Gasteiger partial charge in [-0.3, -0.25) is 14.2 Å². The van der Waals surface area contributed by atoms with Crippen molar-refractivity contribution in [2.24, 2.45) is 0 Å². The summed E-state index contributed by atoms with van der Waals surface area (Å²) in [5, 5.41) is 0.973. The van der Waals surface area contributed by atoms with E-state index < -0.39 is 0 Å². The fourth-order valence-electron chi connectivity index (χ4n) is 3.53. The second-order valence-corrected chi connectivity index (χ2v) is 7.96. The smallest absolute Gasteiger partial charge is 0.319 e. The van der Waals surface area contributed by atoms with Gasteiger partial charge in [0, 0.05) is 13.0 Å². The first-order chi connectivity index (χ1) is 12.7. The monoisotopic (exact) mass is 370 g/mol. The van der Waals surface area contributed by atoms with E-state index in [1.807, 2.05) is 24.3 Å². The first-order valence-corrected chi connectivity index (χ1v) is 10.1. The van der Waals surface area contributed by atoms with Gasteiger partial charge in [-0.1, -0.05) is 35.5 Å². The molecule has 1 aromatic heterocycles. The molecule has 0 spiro atoms. The van der Waals surface area contributed by atoms with Gasteiger partial charge in [0.2, 0.25) is 0 Å². The Kier molecular flexibility index (Phi) is 5.11. The zero-order valence-corrected chi connectivity index (χ0v) is 15.5. The molecule has 2 heterocycles. The summed E-state index contributed by atoms with van der Waals surface area (Å²) in [5.74, 6) is -0.209.